The summed E-state index contributed by atoms with van der Waals surface area (Å²) in [6, 6.07) is 4.45. The minimum atomic E-state index is 1.13. The van der Waals surface area contributed by atoms with Gasteiger partial charge in [0.05, 0.1) is 0 Å². The van der Waals surface area contributed by atoms with Gasteiger partial charge in [-0.05, 0) is 69.6 Å². The van der Waals surface area contributed by atoms with E-state index in [2.05, 4.69) is 58.6 Å². The van der Waals surface area contributed by atoms with E-state index in [1.807, 2.05) is 19.2 Å². The van der Waals surface area contributed by atoms with Crippen LogP contribution in [-0.4, -0.2) is 0 Å². The molecule has 1 aromatic carbocycles. The van der Waals surface area contributed by atoms with Gasteiger partial charge < -0.3 is 5.32 Å². The smallest absolute Gasteiger partial charge is 0.00387 e. The minimum absolute atomic E-state index is 1.13. The first-order valence-electron chi connectivity index (χ1n) is 8.98. The van der Waals surface area contributed by atoms with Gasteiger partial charge in [-0.15, -0.1) is 0 Å². The number of rotatable bonds is 4. The fourth-order valence-corrected chi connectivity index (χ4v) is 2.61. The summed E-state index contributed by atoms with van der Waals surface area (Å²) in [6.45, 7) is 16.3. The van der Waals surface area contributed by atoms with Crippen LogP contribution in [0.3, 0.4) is 0 Å². The zero-order chi connectivity index (χ0) is 17.7. The molecule has 1 aromatic rings. The van der Waals surface area contributed by atoms with E-state index in [0.29, 0.717) is 0 Å². The molecule has 0 bridgehead atoms. The first-order valence-corrected chi connectivity index (χ1v) is 8.98. The first kappa shape index (κ1) is 21.5. The highest BCUT2D eigenvalue weighted by Gasteiger charge is 2.14. The molecule has 1 aliphatic rings. The van der Waals surface area contributed by atoms with Gasteiger partial charge in [-0.1, -0.05) is 69.4 Å². The second-order valence-electron chi connectivity index (χ2n) is 6.48. The third-order valence-corrected chi connectivity index (χ3v) is 4.37. The van der Waals surface area contributed by atoms with Gasteiger partial charge in [0.1, 0.15) is 0 Å². The van der Waals surface area contributed by atoms with Gasteiger partial charge in [-0.3, -0.25) is 0 Å². The molecule has 1 nitrogen and oxygen atoms in total. The third-order valence-electron chi connectivity index (χ3n) is 4.37. The summed E-state index contributed by atoms with van der Waals surface area (Å²) < 4.78 is 0. The quantitative estimate of drug-likeness (QED) is 0.647. The molecule has 0 spiro atoms. The molecule has 0 unspecified atom stereocenters. The maximum absolute atomic E-state index is 3.44. The van der Waals surface area contributed by atoms with Gasteiger partial charge in [-0.2, -0.15) is 0 Å². The second-order valence-corrected chi connectivity index (χ2v) is 6.48. The lowest BCUT2D eigenvalue weighted by Gasteiger charge is -2.24. The van der Waals surface area contributed by atoms with Gasteiger partial charge in [0.2, 0.25) is 0 Å². The summed E-state index contributed by atoms with van der Waals surface area (Å²) in [5.41, 5.74) is 5.58. The van der Waals surface area contributed by atoms with Crippen molar-refractivity contribution >= 4 is 0 Å². The Morgan fingerprint density at radius 2 is 1.70 bits per heavy atom. The number of benzene rings is 1. The molecule has 1 N–H and O–H groups in total. The van der Waals surface area contributed by atoms with Crippen LogP contribution in [0.1, 0.15) is 68.2 Å². The molecule has 0 aromatic heterocycles. The zero-order valence-electron chi connectivity index (χ0n) is 16.2. The lowest BCUT2D eigenvalue weighted by molar-refractivity contribution is 0.294. The molecule has 1 aliphatic carbocycles. The molecule has 130 valence electrons. The minimum Gasteiger partial charge on any atom is -0.369 e. The van der Waals surface area contributed by atoms with Crippen molar-refractivity contribution in [3.63, 3.8) is 0 Å². The highest BCUT2D eigenvalue weighted by Crippen LogP contribution is 2.29. The number of allylic oxidation sites excluding steroid dienone is 1. The monoisotopic (exact) mass is 315 g/mol. The standard InChI is InChI=1S/C10H14.C7H14.C5H9N/c1-7-5-8(2)10(4)9(3)6-7;1-2-4-7-5-3-6-7;1-3-5-6-4-2/h5-6H,1-4H3;7H,2-6H2,1H3;3-6H,2H2,1H3/b;;5-3-. The van der Waals surface area contributed by atoms with E-state index in [1.54, 1.807) is 6.20 Å². The molecule has 0 saturated heterocycles. The molecular weight excluding hydrogens is 278 g/mol. The Morgan fingerprint density at radius 1 is 1.13 bits per heavy atom. The van der Waals surface area contributed by atoms with Crippen LogP contribution in [0.4, 0.5) is 0 Å². The lowest BCUT2D eigenvalue weighted by atomic mass is 9.82. The summed E-state index contributed by atoms with van der Waals surface area (Å²) in [5, 5.41) is 2.78. The van der Waals surface area contributed by atoms with Crippen molar-refractivity contribution < 1.29 is 0 Å². The Bertz CT molecular complexity index is 444. The molecule has 0 aliphatic heterocycles. The summed E-state index contributed by atoms with van der Waals surface area (Å²) in [4.78, 5) is 0. The van der Waals surface area contributed by atoms with Crippen molar-refractivity contribution in [2.24, 2.45) is 5.92 Å². The average molecular weight is 316 g/mol. The van der Waals surface area contributed by atoms with E-state index >= 15 is 0 Å². The molecule has 0 amide bonds. The fourth-order valence-electron chi connectivity index (χ4n) is 2.61. The third kappa shape index (κ3) is 9.99. The Balaban J connectivity index is 0.000000330. The first-order chi connectivity index (χ1) is 11.0. The van der Waals surface area contributed by atoms with Crippen molar-refractivity contribution in [3.8, 4) is 0 Å². The highest BCUT2D eigenvalue weighted by molar-refractivity contribution is 5.36. The molecular formula is C22H37N. The summed E-state index contributed by atoms with van der Waals surface area (Å²) in [5.74, 6) is 1.13. The van der Waals surface area contributed by atoms with Gasteiger partial charge in [0.25, 0.3) is 0 Å². The Hall–Kier alpha value is -1.50. The fraction of sp³-hybridized carbons (Fsp3) is 0.545. The predicted molar refractivity (Wildman–Crippen MR) is 106 cm³/mol. The van der Waals surface area contributed by atoms with Crippen LogP contribution in [-0.2, 0) is 0 Å². The second kappa shape index (κ2) is 13.0. The van der Waals surface area contributed by atoms with Crippen molar-refractivity contribution in [1.82, 2.24) is 5.32 Å². The molecule has 23 heavy (non-hydrogen) atoms. The normalized spacial score (nSPS) is 13.3. The van der Waals surface area contributed by atoms with Crippen molar-refractivity contribution in [3.05, 3.63) is 59.4 Å². The van der Waals surface area contributed by atoms with Crippen molar-refractivity contribution in [2.75, 3.05) is 0 Å². The zero-order valence-corrected chi connectivity index (χ0v) is 16.2. The average Bonchev–Trinajstić information content (AvgIpc) is 2.47. The van der Waals surface area contributed by atoms with E-state index in [0.717, 1.165) is 5.92 Å². The molecule has 1 fully saturated rings. The van der Waals surface area contributed by atoms with Crippen LogP contribution in [0.15, 0.2) is 37.2 Å². The molecule has 0 heterocycles. The number of hydrogen-bond donors (Lipinski definition) is 1. The topological polar surface area (TPSA) is 12.0 Å². The van der Waals surface area contributed by atoms with E-state index in [4.69, 9.17) is 0 Å². The van der Waals surface area contributed by atoms with E-state index in [-0.39, 0.29) is 0 Å². The van der Waals surface area contributed by atoms with E-state index in [9.17, 15) is 0 Å². The predicted octanol–water partition coefficient (Wildman–Crippen LogP) is 6.76. The Morgan fingerprint density at radius 3 is 1.96 bits per heavy atom. The molecule has 1 heteroatoms. The lowest BCUT2D eigenvalue weighted by Crippen LogP contribution is -2.09. The van der Waals surface area contributed by atoms with Gasteiger partial charge in [0, 0.05) is 0 Å². The Labute approximate surface area is 144 Å². The van der Waals surface area contributed by atoms with Crippen LogP contribution in [0.25, 0.3) is 0 Å². The van der Waals surface area contributed by atoms with Crippen LogP contribution < -0.4 is 5.32 Å². The summed E-state index contributed by atoms with van der Waals surface area (Å²) >= 11 is 0. The van der Waals surface area contributed by atoms with Crippen LogP contribution in [0.5, 0.6) is 0 Å². The van der Waals surface area contributed by atoms with Crippen LogP contribution >= 0.6 is 0 Å². The number of nitrogens with one attached hydrogen (secondary N) is 1. The van der Waals surface area contributed by atoms with Crippen LogP contribution in [0.2, 0.25) is 0 Å². The SMILES string of the molecule is C=CN/C=C\C.CCCC1CCC1.Cc1cc(C)c(C)c(C)c1. The highest BCUT2D eigenvalue weighted by atomic mass is 14.8. The largest absolute Gasteiger partial charge is 0.369 e. The summed E-state index contributed by atoms with van der Waals surface area (Å²) in [7, 11) is 0. The van der Waals surface area contributed by atoms with Gasteiger partial charge in [-0.25, -0.2) is 0 Å². The molecule has 0 radical (unpaired) electrons. The van der Waals surface area contributed by atoms with Gasteiger partial charge in [0.15, 0.2) is 0 Å². The van der Waals surface area contributed by atoms with Crippen molar-refractivity contribution in [1.29, 1.82) is 0 Å². The van der Waals surface area contributed by atoms with E-state index in [1.165, 1.54) is 54.4 Å². The number of hydrogen-bond acceptors (Lipinski definition) is 1. The van der Waals surface area contributed by atoms with E-state index < -0.39 is 0 Å². The van der Waals surface area contributed by atoms with Crippen LogP contribution in [0, 0.1) is 33.6 Å². The summed E-state index contributed by atoms with van der Waals surface area (Å²) in [6.07, 6.45) is 12.8. The maximum Gasteiger partial charge on any atom is -0.00387 e. The molecule has 2 rings (SSSR count). The Kier molecular flexibility index (Phi) is 12.1. The maximum atomic E-state index is 3.44. The van der Waals surface area contributed by atoms with Crippen molar-refractivity contribution in [2.45, 2.75) is 73.6 Å². The number of aryl methyl sites for hydroxylation is 3. The van der Waals surface area contributed by atoms with Gasteiger partial charge >= 0.3 is 0 Å². The molecule has 0 atom stereocenters. The molecule has 1 saturated carbocycles.